The molecule has 2 saturated carbocycles. The van der Waals surface area contributed by atoms with Crippen LogP contribution in [0.2, 0.25) is 5.02 Å². The Morgan fingerprint density at radius 3 is 2.65 bits per heavy atom. The lowest BCUT2D eigenvalue weighted by atomic mass is 9.74. The predicted molar refractivity (Wildman–Crippen MR) is 155 cm³/mol. The van der Waals surface area contributed by atoms with Crippen LogP contribution < -0.4 is 16.0 Å². The number of hydrogen-bond donors (Lipinski definition) is 3. The first kappa shape index (κ1) is 29.2. The molecule has 2 atom stereocenters. The number of alkyl carbamates (subject to hydrolysis) is 1. The zero-order chi connectivity index (χ0) is 28.7. The Labute approximate surface area is 244 Å². The van der Waals surface area contributed by atoms with Crippen molar-refractivity contribution in [2.24, 2.45) is 5.41 Å². The lowest BCUT2D eigenvalue weighted by Gasteiger charge is -2.44. The third-order valence-electron chi connectivity index (χ3n) is 7.85. The first-order valence-corrected chi connectivity index (χ1v) is 15.1. The molecule has 1 saturated heterocycles. The highest BCUT2D eigenvalue weighted by Crippen LogP contribution is 2.49. The van der Waals surface area contributed by atoms with E-state index in [-0.39, 0.29) is 36.1 Å². The molecule has 3 fully saturated rings. The van der Waals surface area contributed by atoms with Crippen molar-refractivity contribution in [3.05, 3.63) is 28.7 Å². The first-order valence-electron chi connectivity index (χ1n) is 13.9. The van der Waals surface area contributed by atoms with Gasteiger partial charge in [-0.2, -0.15) is 0 Å². The molecule has 218 valence electrons. The standard InChI is InChI=1S/C28H39ClN6O4S/c1-16-25(40-20-7-10-31-23(30)22(20)29)33-19(15-36)24(32-16)35-11-8-28(9-12-35)14-18(38-17-5-6-17)13-21(28)34-26(37)39-27(2,3)4/h7,10,17-18,21,36H,5-6,8-9,11-15H2,1-4H3,(H2,30,31)(H,34,37)/t18-,21+/m0/s1. The molecule has 0 aromatic carbocycles. The molecule has 4 N–H and O–H groups in total. The molecule has 1 spiro atoms. The maximum Gasteiger partial charge on any atom is 0.407 e. The molecule has 1 amide bonds. The van der Waals surface area contributed by atoms with Gasteiger partial charge in [0.15, 0.2) is 5.82 Å². The number of rotatable bonds is 7. The van der Waals surface area contributed by atoms with Crippen molar-refractivity contribution in [2.45, 2.75) is 107 Å². The maximum absolute atomic E-state index is 12.7. The van der Waals surface area contributed by atoms with Gasteiger partial charge in [0.25, 0.3) is 0 Å². The highest BCUT2D eigenvalue weighted by Gasteiger charge is 2.51. The number of nitrogens with one attached hydrogen (secondary N) is 1. The Morgan fingerprint density at radius 2 is 2.00 bits per heavy atom. The van der Waals surface area contributed by atoms with E-state index < -0.39 is 5.60 Å². The van der Waals surface area contributed by atoms with Gasteiger partial charge in [-0.25, -0.2) is 19.7 Å². The number of hydrogen-bond acceptors (Lipinski definition) is 10. The van der Waals surface area contributed by atoms with Gasteiger partial charge in [0, 0.05) is 30.2 Å². The molecule has 2 aromatic rings. The van der Waals surface area contributed by atoms with E-state index in [0.717, 1.165) is 62.2 Å². The van der Waals surface area contributed by atoms with Crippen LogP contribution in [0.15, 0.2) is 22.2 Å². The summed E-state index contributed by atoms with van der Waals surface area (Å²) in [5.74, 6) is 0.953. The lowest BCUT2D eigenvalue weighted by molar-refractivity contribution is 0.0333. The molecular formula is C28H39ClN6O4S. The van der Waals surface area contributed by atoms with Crippen molar-refractivity contribution in [1.29, 1.82) is 0 Å². The second-order valence-corrected chi connectivity index (χ2v) is 13.5. The Kier molecular flexibility index (Phi) is 8.39. The molecule has 5 rings (SSSR count). The number of piperidine rings is 1. The number of aliphatic hydroxyl groups is 1. The van der Waals surface area contributed by atoms with E-state index in [2.05, 4.69) is 15.2 Å². The molecule has 3 heterocycles. The number of nitrogen functional groups attached to an aromatic ring is 1. The van der Waals surface area contributed by atoms with Crippen LogP contribution in [0.25, 0.3) is 0 Å². The average molecular weight is 591 g/mol. The lowest BCUT2D eigenvalue weighted by Crippen LogP contribution is -2.51. The number of aliphatic hydroxyl groups excluding tert-OH is 1. The predicted octanol–water partition coefficient (Wildman–Crippen LogP) is 4.88. The number of nitrogens with two attached hydrogens (primary N) is 1. The van der Waals surface area contributed by atoms with E-state index in [1.807, 2.05) is 27.7 Å². The van der Waals surface area contributed by atoms with Crippen LogP contribution >= 0.6 is 23.4 Å². The second kappa shape index (κ2) is 11.5. The minimum Gasteiger partial charge on any atom is -0.444 e. The molecule has 0 bridgehead atoms. The van der Waals surface area contributed by atoms with Crippen molar-refractivity contribution >= 4 is 41.1 Å². The van der Waals surface area contributed by atoms with E-state index in [1.165, 1.54) is 11.8 Å². The summed E-state index contributed by atoms with van der Waals surface area (Å²) in [5.41, 5.74) is 6.49. The van der Waals surface area contributed by atoms with E-state index >= 15 is 0 Å². The average Bonchev–Trinajstić information content (AvgIpc) is 3.64. The van der Waals surface area contributed by atoms with Crippen LogP contribution in [-0.4, -0.2) is 63.1 Å². The summed E-state index contributed by atoms with van der Waals surface area (Å²) < 4.78 is 11.9. The van der Waals surface area contributed by atoms with Crippen molar-refractivity contribution in [1.82, 2.24) is 20.3 Å². The summed E-state index contributed by atoms with van der Waals surface area (Å²) in [6, 6.07) is 1.76. The number of carbonyl (C=O) groups is 1. The molecular weight excluding hydrogens is 552 g/mol. The zero-order valence-corrected chi connectivity index (χ0v) is 25.1. The minimum atomic E-state index is -0.555. The molecule has 0 unspecified atom stereocenters. The van der Waals surface area contributed by atoms with Crippen molar-refractivity contribution in [3.8, 4) is 0 Å². The zero-order valence-electron chi connectivity index (χ0n) is 23.6. The largest absolute Gasteiger partial charge is 0.444 e. The molecule has 1 aliphatic heterocycles. The third-order valence-corrected chi connectivity index (χ3v) is 9.50. The number of nitrogens with zero attached hydrogens (tertiary/aromatic N) is 4. The first-order chi connectivity index (χ1) is 19.0. The smallest absolute Gasteiger partial charge is 0.407 e. The van der Waals surface area contributed by atoms with Crippen LogP contribution in [0.3, 0.4) is 0 Å². The van der Waals surface area contributed by atoms with Gasteiger partial charge in [0.05, 0.1) is 29.5 Å². The van der Waals surface area contributed by atoms with Crippen LogP contribution in [0.4, 0.5) is 16.4 Å². The fourth-order valence-electron chi connectivity index (χ4n) is 5.76. The number of amides is 1. The van der Waals surface area contributed by atoms with E-state index in [9.17, 15) is 9.90 Å². The van der Waals surface area contributed by atoms with Crippen molar-refractivity contribution < 1.29 is 19.4 Å². The maximum atomic E-state index is 12.7. The summed E-state index contributed by atoms with van der Waals surface area (Å²) in [7, 11) is 0. The number of ether oxygens (including phenoxy) is 2. The molecule has 12 heteroatoms. The van der Waals surface area contributed by atoms with Crippen molar-refractivity contribution in [3.63, 3.8) is 0 Å². The van der Waals surface area contributed by atoms with Gasteiger partial charge in [-0.05, 0) is 77.7 Å². The summed E-state index contributed by atoms with van der Waals surface area (Å²) in [6.45, 7) is 8.78. The van der Waals surface area contributed by atoms with E-state index in [1.54, 1.807) is 12.3 Å². The van der Waals surface area contributed by atoms with E-state index in [4.69, 9.17) is 36.8 Å². The van der Waals surface area contributed by atoms with Gasteiger partial charge in [0.1, 0.15) is 22.1 Å². The molecule has 10 nitrogen and oxygen atoms in total. The fourth-order valence-corrected chi connectivity index (χ4v) is 6.86. The Morgan fingerprint density at radius 1 is 1.27 bits per heavy atom. The van der Waals surface area contributed by atoms with Gasteiger partial charge in [-0.3, -0.25) is 0 Å². The third kappa shape index (κ3) is 6.58. The van der Waals surface area contributed by atoms with Gasteiger partial charge < -0.3 is 30.5 Å². The fraction of sp³-hybridized carbons (Fsp3) is 0.643. The molecule has 3 aliphatic rings. The molecule has 2 aliphatic carbocycles. The highest BCUT2D eigenvalue weighted by atomic mass is 35.5. The summed E-state index contributed by atoms with van der Waals surface area (Å²) in [5, 5.41) is 14.4. The molecule has 0 radical (unpaired) electrons. The van der Waals surface area contributed by atoms with Crippen LogP contribution in [0, 0.1) is 12.3 Å². The van der Waals surface area contributed by atoms with Gasteiger partial charge in [-0.1, -0.05) is 23.4 Å². The minimum absolute atomic E-state index is 0.0188. The Hall–Kier alpha value is -2.34. The second-order valence-electron chi connectivity index (χ2n) is 12.1. The summed E-state index contributed by atoms with van der Waals surface area (Å²) >= 11 is 7.69. The number of halogens is 1. The Balaban J connectivity index is 1.31. The topological polar surface area (TPSA) is 136 Å². The van der Waals surface area contributed by atoms with E-state index in [0.29, 0.717) is 27.7 Å². The number of anilines is 2. The Bertz CT molecular complexity index is 1250. The number of carbonyl (C=O) groups excluding carboxylic acids is 1. The number of aromatic nitrogens is 3. The molecule has 40 heavy (non-hydrogen) atoms. The summed E-state index contributed by atoms with van der Waals surface area (Å²) in [4.78, 5) is 29.3. The highest BCUT2D eigenvalue weighted by molar-refractivity contribution is 7.99. The summed E-state index contributed by atoms with van der Waals surface area (Å²) in [6.07, 6.45) is 7.42. The molecule has 2 aromatic heterocycles. The number of pyridine rings is 1. The van der Waals surface area contributed by atoms with Gasteiger partial charge >= 0.3 is 6.09 Å². The number of aryl methyl sites for hydroxylation is 1. The van der Waals surface area contributed by atoms with Crippen LogP contribution in [-0.2, 0) is 16.1 Å². The van der Waals surface area contributed by atoms with Gasteiger partial charge in [-0.15, -0.1) is 0 Å². The monoisotopic (exact) mass is 590 g/mol. The van der Waals surface area contributed by atoms with Crippen LogP contribution in [0.5, 0.6) is 0 Å². The van der Waals surface area contributed by atoms with Gasteiger partial charge in [0.2, 0.25) is 0 Å². The van der Waals surface area contributed by atoms with Crippen LogP contribution in [0.1, 0.15) is 70.7 Å². The quantitative estimate of drug-likeness (QED) is 0.409. The SMILES string of the molecule is Cc1nc(N2CCC3(CC2)C[C@@H](OC2CC2)C[C@H]3NC(=O)OC(C)(C)C)c(CO)nc1Sc1ccnc(N)c1Cl. The normalized spacial score (nSPS) is 22.5. The van der Waals surface area contributed by atoms with Crippen molar-refractivity contribution in [2.75, 3.05) is 23.7 Å².